The second-order valence-corrected chi connectivity index (χ2v) is 19.3. The van der Waals surface area contributed by atoms with E-state index < -0.39 is 16.6 Å². The van der Waals surface area contributed by atoms with Gasteiger partial charge in [-0.05, 0) is 55.5 Å². The zero-order valence-electron chi connectivity index (χ0n) is 19.6. The van der Waals surface area contributed by atoms with E-state index in [2.05, 4.69) is 75.4 Å². The first-order valence-corrected chi connectivity index (χ1v) is 16.2. The van der Waals surface area contributed by atoms with Crippen LogP contribution in [-0.2, 0) is 8.85 Å². The fourth-order valence-electron chi connectivity index (χ4n) is 3.15. The Morgan fingerprint density at radius 2 is 1.31 bits per heavy atom. The highest BCUT2D eigenvalue weighted by molar-refractivity contribution is 6.74. The molecule has 0 unspecified atom stereocenters. The summed E-state index contributed by atoms with van der Waals surface area (Å²) in [5, 5.41) is 10.0. The second kappa shape index (κ2) is 10.7. The van der Waals surface area contributed by atoms with Gasteiger partial charge in [-0.1, -0.05) is 55.4 Å². The predicted molar refractivity (Wildman–Crippen MR) is 120 cm³/mol. The number of rotatable bonds is 12. The SMILES string of the molecule is CC[Si](CC)(CC)O[C@H](C[C@H](C)[C@H](C)O[Si](C)(C)C(C)(C)C)[C@@H](C)CO. The third-order valence-corrected chi connectivity index (χ3v) is 16.2. The highest BCUT2D eigenvalue weighted by Crippen LogP contribution is 2.38. The fourth-order valence-corrected chi connectivity index (χ4v) is 7.64. The largest absolute Gasteiger partial charge is 0.414 e. The van der Waals surface area contributed by atoms with Crippen molar-refractivity contribution in [1.29, 1.82) is 0 Å². The van der Waals surface area contributed by atoms with E-state index in [1.165, 1.54) is 0 Å². The average Bonchev–Trinajstić information content (AvgIpc) is 2.56. The van der Waals surface area contributed by atoms with E-state index in [-0.39, 0.29) is 29.8 Å². The number of aliphatic hydroxyl groups is 1. The molecule has 0 rings (SSSR count). The van der Waals surface area contributed by atoms with Gasteiger partial charge in [0, 0.05) is 18.6 Å². The Bertz CT molecular complexity index is 381. The fraction of sp³-hybridized carbons (Fsp3) is 1.00. The van der Waals surface area contributed by atoms with Crippen LogP contribution in [0.25, 0.3) is 0 Å². The molecule has 0 aliphatic carbocycles. The minimum absolute atomic E-state index is 0.131. The highest BCUT2D eigenvalue weighted by atomic mass is 28.4. The van der Waals surface area contributed by atoms with Gasteiger partial charge in [0.15, 0.2) is 16.6 Å². The lowest BCUT2D eigenvalue weighted by Gasteiger charge is -2.41. The van der Waals surface area contributed by atoms with E-state index in [0.29, 0.717) is 5.92 Å². The number of hydrogen-bond acceptors (Lipinski definition) is 3. The Labute approximate surface area is 166 Å². The maximum Gasteiger partial charge on any atom is 0.192 e. The van der Waals surface area contributed by atoms with E-state index in [9.17, 15) is 5.11 Å². The van der Waals surface area contributed by atoms with Crippen LogP contribution in [-0.4, -0.2) is 40.6 Å². The van der Waals surface area contributed by atoms with Crippen LogP contribution in [0.1, 0.15) is 68.7 Å². The molecule has 0 aromatic heterocycles. The molecule has 1 N–H and O–H groups in total. The highest BCUT2D eigenvalue weighted by Gasteiger charge is 2.40. The van der Waals surface area contributed by atoms with Crippen molar-refractivity contribution in [2.45, 2.75) is 117 Å². The summed E-state index contributed by atoms with van der Waals surface area (Å²) >= 11 is 0. The quantitative estimate of drug-likeness (QED) is 0.380. The van der Waals surface area contributed by atoms with Crippen molar-refractivity contribution in [2.75, 3.05) is 6.61 Å². The van der Waals surface area contributed by atoms with Crippen LogP contribution in [0.3, 0.4) is 0 Å². The standard InChI is InChI=1S/C21H48O3Si2/c1-12-26(13-2,14-3)24-20(18(5)16-22)15-17(4)19(6)23-25(10,11)21(7,8)9/h17-20,22H,12-16H2,1-11H3/t17-,18-,19-,20+/m0/s1. The van der Waals surface area contributed by atoms with Crippen LogP contribution in [0.2, 0.25) is 36.3 Å². The molecule has 0 aliphatic heterocycles. The Hall–Kier alpha value is 0.314. The first-order valence-electron chi connectivity index (χ1n) is 10.8. The van der Waals surface area contributed by atoms with Crippen molar-refractivity contribution in [1.82, 2.24) is 0 Å². The first-order chi connectivity index (χ1) is 11.8. The van der Waals surface area contributed by atoms with E-state index in [1.807, 2.05) is 0 Å². The minimum Gasteiger partial charge on any atom is -0.414 e. The summed E-state index contributed by atoms with van der Waals surface area (Å²) in [4.78, 5) is 0. The topological polar surface area (TPSA) is 38.7 Å². The Morgan fingerprint density at radius 1 is 0.846 bits per heavy atom. The van der Waals surface area contributed by atoms with Gasteiger partial charge in [-0.15, -0.1) is 0 Å². The Morgan fingerprint density at radius 3 is 1.65 bits per heavy atom. The van der Waals surface area contributed by atoms with Crippen molar-refractivity contribution in [3.05, 3.63) is 0 Å². The molecule has 0 amide bonds. The smallest absolute Gasteiger partial charge is 0.192 e. The lowest BCUT2D eigenvalue weighted by atomic mass is 9.92. The van der Waals surface area contributed by atoms with Gasteiger partial charge in [-0.25, -0.2) is 0 Å². The van der Waals surface area contributed by atoms with Gasteiger partial charge in [0.1, 0.15) is 0 Å². The zero-order chi connectivity index (χ0) is 20.8. The summed E-state index contributed by atoms with van der Waals surface area (Å²) in [5.41, 5.74) is 0. The van der Waals surface area contributed by atoms with Crippen molar-refractivity contribution >= 4 is 16.6 Å². The third kappa shape index (κ3) is 7.38. The molecule has 0 fully saturated rings. The Balaban J connectivity index is 5.17. The molecule has 0 saturated carbocycles. The van der Waals surface area contributed by atoms with E-state index in [1.54, 1.807) is 0 Å². The van der Waals surface area contributed by atoms with Crippen LogP contribution >= 0.6 is 0 Å². The lowest BCUT2D eigenvalue weighted by Crippen LogP contribution is -2.46. The third-order valence-electron chi connectivity index (χ3n) is 6.95. The maximum absolute atomic E-state index is 9.78. The molecular formula is C21H48O3Si2. The summed E-state index contributed by atoms with van der Waals surface area (Å²) in [7, 11) is -3.45. The van der Waals surface area contributed by atoms with Crippen LogP contribution in [0.4, 0.5) is 0 Å². The number of hydrogen-bond donors (Lipinski definition) is 1. The van der Waals surface area contributed by atoms with Crippen molar-refractivity contribution in [3.8, 4) is 0 Å². The van der Waals surface area contributed by atoms with E-state index in [0.717, 1.165) is 24.6 Å². The van der Waals surface area contributed by atoms with Gasteiger partial charge < -0.3 is 14.0 Å². The lowest BCUT2D eigenvalue weighted by molar-refractivity contribution is 0.0449. The monoisotopic (exact) mass is 404 g/mol. The van der Waals surface area contributed by atoms with Crippen molar-refractivity contribution < 1.29 is 14.0 Å². The van der Waals surface area contributed by atoms with Crippen LogP contribution in [0.5, 0.6) is 0 Å². The molecule has 0 aliphatic rings. The summed E-state index contributed by atoms with van der Waals surface area (Å²) in [6, 6.07) is 3.46. The van der Waals surface area contributed by atoms with Gasteiger partial charge in [-0.3, -0.25) is 0 Å². The normalized spacial score (nSPS) is 18.5. The number of aliphatic hydroxyl groups excluding tert-OH is 1. The molecular weight excluding hydrogens is 356 g/mol. The van der Waals surface area contributed by atoms with Gasteiger partial charge in [0.05, 0.1) is 6.10 Å². The van der Waals surface area contributed by atoms with E-state index >= 15 is 0 Å². The zero-order valence-corrected chi connectivity index (χ0v) is 21.6. The molecule has 0 spiro atoms. The van der Waals surface area contributed by atoms with Crippen molar-refractivity contribution in [2.24, 2.45) is 11.8 Å². The summed E-state index contributed by atoms with van der Waals surface area (Å²) < 4.78 is 13.4. The van der Waals surface area contributed by atoms with Crippen LogP contribution in [0.15, 0.2) is 0 Å². The second-order valence-electron chi connectivity index (χ2n) is 9.86. The maximum atomic E-state index is 9.78. The van der Waals surface area contributed by atoms with Crippen LogP contribution < -0.4 is 0 Å². The summed E-state index contributed by atoms with van der Waals surface area (Å²) in [6.07, 6.45) is 1.31. The molecule has 3 nitrogen and oxygen atoms in total. The predicted octanol–water partition coefficient (Wildman–Crippen LogP) is 6.44. The summed E-state index contributed by atoms with van der Waals surface area (Å²) in [6.45, 7) is 25.1. The molecule has 0 saturated heterocycles. The van der Waals surface area contributed by atoms with Gasteiger partial charge >= 0.3 is 0 Å². The first kappa shape index (κ1) is 26.3. The molecule has 0 radical (unpaired) electrons. The molecule has 0 bridgehead atoms. The van der Waals surface area contributed by atoms with Crippen LogP contribution in [0, 0.1) is 11.8 Å². The average molecular weight is 405 g/mol. The molecule has 26 heavy (non-hydrogen) atoms. The Kier molecular flexibility index (Phi) is 10.9. The molecule has 0 heterocycles. The van der Waals surface area contributed by atoms with E-state index in [4.69, 9.17) is 8.85 Å². The molecule has 158 valence electrons. The van der Waals surface area contributed by atoms with Gasteiger partial charge in [-0.2, -0.15) is 0 Å². The van der Waals surface area contributed by atoms with Crippen molar-refractivity contribution in [3.63, 3.8) is 0 Å². The van der Waals surface area contributed by atoms with Gasteiger partial charge in [0.25, 0.3) is 0 Å². The molecule has 5 heteroatoms. The molecule has 0 aromatic carbocycles. The van der Waals surface area contributed by atoms with Gasteiger partial charge in [0.2, 0.25) is 0 Å². The minimum atomic E-state index is -1.77. The molecule has 4 atom stereocenters. The summed E-state index contributed by atoms with van der Waals surface area (Å²) in [5.74, 6) is 0.592. The molecule has 0 aromatic rings.